The van der Waals surface area contributed by atoms with Crippen LogP contribution >= 0.6 is 0 Å². The quantitative estimate of drug-likeness (QED) is 0.722. The highest BCUT2D eigenvalue weighted by Gasteiger charge is 2.33. The van der Waals surface area contributed by atoms with Gasteiger partial charge in [-0.3, -0.25) is 0 Å². The molecule has 0 atom stereocenters. The summed E-state index contributed by atoms with van der Waals surface area (Å²) in [6.45, 7) is 0.773. The number of halogens is 3. The fraction of sp³-hybridized carbons (Fsp3) is 0.158. The molecule has 2 heterocycles. The summed E-state index contributed by atoms with van der Waals surface area (Å²) in [4.78, 5) is 10.5. The lowest BCUT2D eigenvalue weighted by molar-refractivity contribution is -0.136. The molecule has 1 aliphatic rings. The van der Waals surface area contributed by atoms with E-state index >= 15 is 0 Å². The van der Waals surface area contributed by atoms with Crippen molar-refractivity contribution in [3.05, 3.63) is 71.9 Å². The molecule has 1 N–H and O–H groups in total. The molecule has 0 aliphatic carbocycles. The largest absolute Gasteiger partial charge is 0.418 e. The smallest absolute Gasteiger partial charge is 0.326 e. The monoisotopic (exact) mass is 356 g/mol. The van der Waals surface area contributed by atoms with Crippen molar-refractivity contribution < 1.29 is 13.2 Å². The number of aromatic nitrogens is 2. The van der Waals surface area contributed by atoms with E-state index in [1.807, 2.05) is 23.1 Å². The molecule has 0 spiro atoms. The summed E-state index contributed by atoms with van der Waals surface area (Å²) in [7, 11) is 0. The Kier molecular flexibility index (Phi) is 3.99. The normalized spacial score (nSPS) is 13.6. The van der Waals surface area contributed by atoms with E-state index in [0.717, 1.165) is 24.7 Å². The zero-order chi connectivity index (χ0) is 18.1. The van der Waals surface area contributed by atoms with E-state index < -0.39 is 11.7 Å². The maximum absolute atomic E-state index is 13.2. The number of anilines is 4. The van der Waals surface area contributed by atoms with Crippen LogP contribution < -0.4 is 10.2 Å². The Hall–Kier alpha value is -3.09. The van der Waals surface area contributed by atoms with Crippen LogP contribution in [0.3, 0.4) is 0 Å². The number of hydrogen-bond donors (Lipinski definition) is 1. The first-order chi connectivity index (χ1) is 12.5. The molecule has 0 saturated carbocycles. The average Bonchev–Trinajstić information content (AvgIpc) is 3.06. The molecular formula is C19H15F3N4. The molecule has 1 aliphatic heterocycles. The van der Waals surface area contributed by atoms with Crippen molar-refractivity contribution in [2.45, 2.75) is 12.6 Å². The first kappa shape index (κ1) is 16.4. The lowest BCUT2D eigenvalue weighted by Crippen LogP contribution is -2.16. The van der Waals surface area contributed by atoms with Gasteiger partial charge in [-0.1, -0.05) is 30.3 Å². The Morgan fingerprint density at radius 3 is 2.58 bits per heavy atom. The van der Waals surface area contributed by atoms with E-state index in [9.17, 15) is 13.2 Å². The van der Waals surface area contributed by atoms with Crippen molar-refractivity contribution >= 4 is 23.1 Å². The maximum Gasteiger partial charge on any atom is 0.418 e. The maximum atomic E-state index is 13.2. The van der Waals surface area contributed by atoms with Crippen molar-refractivity contribution in [1.29, 1.82) is 0 Å². The molecule has 0 bridgehead atoms. The summed E-state index contributed by atoms with van der Waals surface area (Å²) >= 11 is 0. The van der Waals surface area contributed by atoms with E-state index in [-0.39, 0.29) is 11.6 Å². The van der Waals surface area contributed by atoms with Crippen LogP contribution in [-0.2, 0) is 12.6 Å². The van der Waals surface area contributed by atoms with Crippen molar-refractivity contribution in [3.63, 3.8) is 0 Å². The van der Waals surface area contributed by atoms with Gasteiger partial charge in [-0.2, -0.15) is 18.2 Å². The number of nitrogens with zero attached hydrogens (tertiary/aromatic N) is 3. The van der Waals surface area contributed by atoms with Gasteiger partial charge in [0.25, 0.3) is 0 Å². The van der Waals surface area contributed by atoms with Crippen LogP contribution in [0.1, 0.15) is 11.1 Å². The highest BCUT2D eigenvalue weighted by molar-refractivity contribution is 5.68. The predicted molar refractivity (Wildman–Crippen MR) is 93.9 cm³/mol. The molecule has 4 rings (SSSR count). The molecular weight excluding hydrogens is 341 g/mol. The van der Waals surface area contributed by atoms with E-state index in [1.165, 1.54) is 23.8 Å². The third-order valence-electron chi connectivity index (χ3n) is 4.28. The summed E-state index contributed by atoms with van der Waals surface area (Å²) in [6.07, 6.45) is -2.00. The second-order valence-corrected chi connectivity index (χ2v) is 5.94. The van der Waals surface area contributed by atoms with Gasteiger partial charge in [0, 0.05) is 18.4 Å². The summed E-state index contributed by atoms with van der Waals surface area (Å²) in [6, 6.07) is 15.1. The van der Waals surface area contributed by atoms with Gasteiger partial charge in [0.1, 0.15) is 5.82 Å². The topological polar surface area (TPSA) is 41.1 Å². The third-order valence-corrected chi connectivity index (χ3v) is 4.28. The van der Waals surface area contributed by atoms with E-state index in [4.69, 9.17) is 0 Å². The summed E-state index contributed by atoms with van der Waals surface area (Å²) < 4.78 is 39.5. The summed E-state index contributed by atoms with van der Waals surface area (Å²) in [5.41, 5.74) is 1.47. The van der Waals surface area contributed by atoms with Crippen LogP contribution in [0.15, 0.2) is 60.8 Å². The van der Waals surface area contributed by atoms with Crippen LogP contribution in [-0.4, -0.2) is 16.5 Å². The fourth-order valence-corrected chi connectivity index (χ4v) is 3.10. The summed E-state index contributed by atoms with van der Waals surface area (Å²) in [5, 5.41) is 2.70. The molecule has 26 heavy (non-hydrogen) atoms. The van der Waals surface area contributed by atoms with Crippen LogP contribution in [0, 0.1) is 0 Å². The first-order valence-electron chi connectivity index (χ1n) is 8.14. The SMILES string of the molecule is FC(F)(F)c1ccccc1Nc1nccc(N2CCc3ccccc32)n1. The van der Waals surface area contributed by atoms with Crippen molar-refractivity contribution in [2.75, 3.05) is 16.8 Å². The minimum atomic E-state index is -4.45. The number of alkyl halides is 3. The minimum Gasteiger partial charge on any atom is -0.326 e. The molecule has 7 heteroatoms. The molecule has 4 nitrogen and oxygen atoms in total. The Balaban J connectivity index is 1.64. The molecule has 2 aromatic carbocycles. The first-order valence-corrected chi connectivity index (χ1v) is 8.14. The molecule has 0 unspecified atom stereocenters. The molecule has 0 amide bonds. The van der Waals surface area contributed by atoms with Crippen molar-refractivity contribution in [2.24, 2.45) is 0 Å². The van der Waals surface area contributed by atoms with Gasteiger partial charge in [0.05, 0.1) is 11.3 Å². The number of rotatable bonds is 3. The van der Waals surface area contributed by atoms with Gasteiger partial charge >= 0.3 is 6.18 Å². The van der Waals surface area contributed by atoms with E-state index in [2.05, 4.69) is 21.4 Å². The fourth-order valence-electron chi connectivity index (χ4n) is 3.10. The number of nitrogens with one attached hydrogen (secondary N) is 1. The Morgan fingerprint density at radius 2 is 1.73 bits per heavy atom. The second kappa shape index (κ2) is 6.33. The van der Waals surface area contributed by atoms with Crippen LogP contribution in [0.5, 0.6) is 0 Å². The molecule has 3 aromatic rings. The minimum absolute atomic E-state index is 0.0704. The standard InChI is InChI=1S/C19H15F3N4/c20-19(21,22)14-6-2-3-7-15(14)24-18-23-11-9-17(25-18)26-12-10-13-5-1-4-8-16(13)26/h1-9,11H,10,12H2,(H,23,24,25). The van der Waals surface area contributed by atoms with Crippen molar-refractivity contribution in [1.82, 2.24) is 9.97 Å². The van der Waals surface area contributed by atoms with E-state index in [0.29, 0.717) is 5.82 Å². The van der Waals surface area contributed by atoms with Crippen LogP contribution in [0.2, 0.25) is 0 Å². The Bertz CT molecular complexity index is 940. The molecule has 0 saturated heterocycles. The van der Waals surface area contributed by atoms with Gasteiger partial charge < -0.3 is 10.2 Å². The molecule has 132 valence electrons. The van der Waals surface area contributed by atoms with E-state index in [1.54, 1.807) is 12.3 Å². The number of para-hydroxylation sites is 2. The van der Waals surface area contributed by atoms with Crippen LogP contribution in [0.4, 0.5) is 36.3 Å². The van der Waals surface area contributed by atoms with Gasteiger partial charge in [0.15, 0.2) is 0 Å². The van der Waals surface area contributed by atoms with Crippen molar-refractivity contribution in [3.8, 4) is 0 Å². The average molecular weight is 356 g/mol. The highest BCUT2D eigenvalue weighted by Crippen LogP contribution is 2.36. The molecule has 0 fully saturated rings. The number of hydrogen-bond acceptors (Lipinski definition) is 4. The molecule has 1 aromatic heterocycles. The molecule has 0 radical (unpaired) electrons. The number of benzene rings is 2. The lowest BCUT2D eigenvalue weighted by Gasteiger charge is -2.19. The number of fused-ring (bicyclic) bond motifs is 1. The summed E-state index contributed by atoms with van der Waals surface area (Å²) in [5.74, 6) is 0.778. The van der Waals surface area contributed by atoms with Gasteiger partial charge in [-0.15, -0.1) is 0 Å². The van der Waals surface area contributed by atoms with Gasteiger partial charge in [-0.25, -0.2) is 4.98 Å². The Labute approximate surface area is 148 Å². The Morgan fingerprint density at radius 1 is 0.962 bits per heavy atom. The zero-order valence-electron chi connectivity index (χ0n) is 13.7. The lowest BCUT2D eigenvalue weighted by atomic mass is 10.1. The van der Waals surface area contributed by atoms with Crippen LogP contribution in [0.25, 0.3) is 0 Å². The van der Waals surface area contributed by atoms with Gasteiger partial charge in [0.2, 0.25) is 5.95 Å². The zero-order valence-corrected chi connectivity index (χ0v) is 13.7. The third kappa shape index (κ3) is 3.08. The second-order valence-electron chi connectivity index (χ2n) is 5.94. The highest BCUT2D eigenvalue weighted by atomic mass is 19.4. The van der Waals surface area contributed by atoms with Gasteiger partial charge in [-0.05, 0) is 36.2 Å². The predicted octanol–water partition coefficient (Wildman–Crippen LogP) is 4.93.